The van der Waals surface area contributed by atoms with E-state index in [0.717, 1.165) is 4.70 Å². The van der Waals surface area contributed by atoms with Gasteiger partial charge in [0, 0.05) is 10.7 Å². The summed E-state index contributed by atoms with van der Waals surface area (Å²) in [6.07, 6.45) is 0.665. The third kappa shape index (κ3) is 3.39. The molecule has 1 aromatic carbocycles. The van der Waals surface area contributed by atoms with Gasteiger partial charge in [-0.1, -0.05) is 6.92 Å². The summed E-state index contributed by atoms with van der Waals surface area (Å²) >= 11 is 1.25. The van der Waals surface area contributed by atoms with Crippen molar-refractivity contribution in [3.05, 3.63) is 35.0 Å². The van der Waals surface area contributed by atoms with Crippen LogP contribution in [0.2, 0.25) is 0 Å². The number of fused-ring (bicyclic) bond motifs is 1. The summed E-state index contributed by atoms with van der Waals surface area (Å²) in [5, 5.41) is 9.62. The predicted octanol–water partition coefficient (Wildman–Crippen LogP) is 3.37. The van der Waals surface area contributed by atoms with E-state index in [-0.39, 0.29) is 24.3 Å². The van der Waals surface area contributed by atoms with Crippen LogP contribution in [0.1, 0.15) is 29.9 Å². The van der Waals surface area contributed by atoms with Crippen LogP contribution >= 0.6 is 11.3 Å². The van der Waals surface area contributed by atoms with Crippen molar-refractivity contribution in [1.82, 2.24) is 4.90 Å². The number of nitrogens with zero attached hydrogens (tertiary/aromatic N) is 1. The molecule has 112 valence electrons. The molecular formula is C15H16FNO3S. The highest BCUT2D eigenvalue weighted by molar-refractivity contribution is 7.20. The highest BCUT2D eigenvalue weighted by Gasteiger charge is 2.24. The second kappa shape index (κ2) is 6.22. The molecule has 1 heterocycles. The van der Waals surface area contributed by atoms with Gasteiger partial charge in [0.25, 0.3) is 5.91 Å². The van der Waals surface area contributed by atoms with Crippen molar-refractivity contribution >= 4 is 33.3 Å². The summed E-state index contributed by atoms with van der Waals surface area (Å²) in [5.41, 5.74) is 0. The van der Waals surface area contributed by atoms with E-state index in [2.05, 4.69) is 0 Å². The standard InChI is InChI=1S/C15H16FNO3S/c1-3-9(2)17(8-14(18)19)15(20)13-7-10-6-11(16)4-5-12(10)21-13/h4-7,9H,3,8H2,1-2H3,(H,18,19). The lowest BCUT2D eigenvalue weighted by atomic mass is 10.2. The Balaban J connectivity index is 2.35. The topological polar surface area (TPSA) is 57.6 Å². The van der Waals surface area contributed by atoms with Gasteiger partial charge in [-0.15, -0.1) is 11.3 Å². The molecule has 0 radical (unpaired) electrons. The van der Waals surface area contributed by atoms with Crippen LogP contribution in [0.3, 0.4) is 0 Å². The van der Waals surface area contributed by atoms with Crippen molar-refractivity contribution in [3.63, 3.8) is 0 Å². The van der Waals surface area contributed by atoms with Gasteiger partial charge in [0.05, 0.1) is 4.88 Å². The zero-order chi connectivity index (χ0) is 15.6. The lowest BCUT2D eigenvalue weighted by molar-refractivity contribution is -0.138. The van der Waals surface area contributed by atoms with Crippen molar-refractivity contribution in [1.29, 1.82) is 0 Å². The number of carbonyl (C=O) groups excluding carboxylic acids is 1. The number of halogens is 1. The molecule has 0 aliphatic heterocycles. The first-order chi connectivity index (χ1) is 9.92. The average Bonchev–Trinajstić information content (AvgIpc) is 2.85. The highest BCUT2D eigenvalue weighted by atomic mass is 32.1. The lowest BCUT2D eigenvalue weighted by Crippen LogP contribution is -2.41. The Bertz CT molecular complexity index is 683. The first kappa shape index (κ1) is 15.4. The fourth-order valence-corrected chi connectivity index (χ4v) is 3.05. The van der Waals surface area contributed by atoms with E-state index in [4.69, 9.17) is 5.11 Å². The second-order valence-corrected chi connectivity index (χ2v) is 5.96. The Labute approximate surface area is 125 Å². The number of rotatable bonds is 5. The summed E-state index contributed by atoms with van der Waals surface area (Å²) in [5.74, 6) is -1.73. The molecule has 4 nitrogen and oxygen atoms in total. The molecule has 1 unspecified atom stereocenters. The zero-order valence-electron chi connectivity index (χ0n) is 11.8. The smallest absolute Gasteiger partial charge is 0.323 e. The van der Waals surface area contributed by atoms with Gasteiger partial charge >= 0.3 is 5.97 Å². The molecule has 0 spiro atoms. The average molecular weight is 309 g/mol. The largest absolute Gasteiger partial charge is 0.480 e. The van der Waals surface area contributed by atoms with Gasteiger partial charge < -0.3 is 10.0 Å². The molecule has 2 aromatic rings. The molecule has 1 atom stereocenters. The molecule has 2 rings (SSSR count). The first-order valence-corrected chi connectivity index (χ1v) is 7.46. The molecule has 1 amide bonds. The molecule has 0 aliphatic carbocycles. The molecule has 6 heteroatoms. The molecular weight excluding hydrogens is 293 g/mol. The van der Waals surface area contributed by atoms with Crippen LogP contribution in [0.5, 0.6) is 0 Å². The number of carboxylic acids is 1. The van der Waals surface area contributed by atoms with Gasteiger partial charge in [0.1, 0.15) is 12.4 Å². The van der Waals surface area contributed by atoms with Crippen LogP contribution in [0, 0.1) is 5.82 Å². The summed E-state index contributed by atoms with van der Waals surface area (Å²) in [6, 6.07) is 5.78. The summed E-state index contributed by atoms with van der Waals surface area (Å²) in [7, 11) is 0. The molecule has 0 aliphatic rings. The molecule has 1 aromatic heterocycles. The number of amides is 1. The van der Waals surface area contributed by atoms with E-state index in [0.29, 0.717) is 16.7 Å². The van der Waals surface area contributed by atoms with E-state index < -0.39 is 5.97 Å². The van der Waals surface area contributed by atoms with Crippen molar-refractivity contribution in [2.75, 3.05) is 6.54 Å². The molecule has 0 fully saturated rings. The van der Waals surface area contributed by atoms with Gasteiger partial charge in [-0.2, -0.15) is 0 Å². The minimum absolute atomic E-state index is 0.171. The van der Waals surface area contributed by atoms with Crippen molar-refractivity contribution in [3.8, 4) is 0 Å². The first-order valence-electron chi connectivity index (χ1n) is 6.64. The fraction of sp³-hybridized carbons (Fsp3) is 0.333. The molecule has 0 saturated carbocycles. The Hall–Kier alpha value is -1.95. The zero-order valence-corrected chi connectivity index (χ0v) is 12.6. The minimum atomic E-state index is -1.05. The monoisotopic (exact) mass is 309 g/mol. The summed E-state index contributed by atoms with van der Waals surface area (Å²) in [4.78, 5) is 25.2. The van der Waals surface area contributed by atoms with E-state index in [1.54, 1.807) is 12.1 Å². The van der Waals surface area contributed by atoms with E-state index in [1.165, 1.54) is 28.4 Å². The normalized spacial score (nSPS) is 12.3. The van der Waals surface area contributed by atoms with Crippen LogP contribution in [-0.2, 0) is 4.79 Å². The van der Waals surface area contributed by atoms with Crippen molar-refractivity contribution < 1.29 is 19.1 Å². The maximum atomic E-state index is 13.2. The van der Waals surface area contributed by atoms with E-state index in [1.807, 2.05) is 13.8 Å². The fourth-order valence-electron chi connectivity index (χ4n) is 2.06. The quantitative estimate of drug-likeness (QED) is 0.921. The predicted molar refractivity (Wildman–Crippen MR) is 80.2 cm³/mol. The molecule has 0 bridgehead atoms. The van der Waals surface area contributed by atoms with Crippen LogP contribution in [0.25, 0.3) is 10.1 Å². The maximum absolute atomic E-state index is 13.2. The van der Waals surface area contributed by atoms with Crippen LogP contribution in [-0.4, -0.2) is 34.5 Å². The molecule has 21 heavy (non-hydrogen) atoms. The van der Waals surface area contributed by atoms with Crippen LogP contribution in [0.15, 0.2) is 24.3 Å². The summed E-state index contributed by atoms with van der Waals surface area (Å²) in [6.45, 7) is 3.37. The Kier molecular flexibility index (Phi) is 4.57. The van der Waals surface area contributed by atoms with Crippen LogP contribution in [0.4, 0.5) is 4.39 Å². The number of hydrogen-bond acceptors (Lipinski definition) is 3. The Morgan fingerprint density at radius 3 is 2.71 bits per heavy atom. The Morgan fingerprint density at radius 2 is 2.10 bits per heavy atom. The van der Waals surface area contributed by atoms with Crippen LogP contribution < -0.4 is 0 Å². The highest BCUT2D eigenvalue weighted by Crippen LogP contribution is 2.27. The second-order valence-electron chi connectivity index (χ2n) is 4.88. The van der Waals surface area contributed by atoms with Gasteiger partial charge in [0.2, 0.25) is 0 Å². The maximum Gasteiger partial charge on any atom is 0.323 e. The van der Waals surface area contributed by atoms with Gasteiger partial charge in [-0.05, 0) is 43.0 Å². The number of aliphatic carboxylic acids is 1. The van der Waals surface area contributed by atoms with Gasteiger partial charge in [-0.3, -0.25) is 9.59 Å². The van der Waals surface area contributed by atoms with E-state index in [9.17, 15) is 14.0 Å². The number of carbonyl (C=O) groups is 2. The third-order valence-corrected chi connectivity index (χ3v) is 4.48. The minimum Gasteiger partial charge on any atom is -0.480 e. The number of thiophene rings is 1. The third-order valence-electron chi connectivity index (χ3n) is 3.38. The number of benzene rings is 1. The number of hydrogen-bond donors (Lipinski definition) is 1. The lowest BCUT2D eigenvalue weighted by Gasteiger charge is -2.26. The Morgan fingerprint density at radius 1 is 1.38 bits per heavy atom. The molecule has 1 N–H and O–H groups in total. The van der Waals surface area contributed by atoms with Crippen molar-refractivity contribution in [2.24, 2.45) is 0 Å². The molecule has 0 saturated heterocycles. The SMILES string of the molecule is CCC(C)N(CC(=O)O)C(=O)c1cc2cc(F)ccc2s1. The van der Waals surface area contributed by atoms with Gasteiger partial charge in [0.15, 0.2) is 0 Å². The summed E-state index contributed by atoms with van der Waals surface area (Å²) < 4.78 is 14.0. The van der Waals surface area contributed by atoms with E-state index >= 15 is 0 Å². The number of carboxylic acid groups (broad SMARTS) is 1. The van der Waals surface area contributed by atoms with Crippen molar-refractivity contribution in [2.45, 2.75) is 26.3 Å². The van der Waals surface area contributed by atoms with Gasteiger partial charge in [-0.25, -0.2) is 4.39 Å².